The Balaban J connectivity index is 1.36. The maximum absolute atomic E-state index is 12.5. The minimum atomic E-state index is -0.0670. The molecule has 3 rings (SSSR count). The van der Waals surface area contributed by atoms with E-state index in [0.29, 0.717) is 24.9 Å². The van der Waals surface area contributed by atoms with Crippen LogP contribution in [0.5, 0.6) is 5.75 Å². The van der Waals surface area contributed by atoms with Crippen LogP contribution in [0.25, 0.3) is 0 Å². The molecule has 7 heteroatoms. The quantitative estimate of drug-likeness (QED) is 0.674. The molecule has 2 aromatic rings. The summed E-state index contributed by atoms with van der Waals surface area (Å²) < 4.78 is 5.21. The molecule has 0 bridgehead atoms. The highest BCUT2D eigenvalue weighted by Gasteiger charge is 2.19. The number of methoxy groups -OCH3 is 1. The van der Waals surface area contributed by atoms with Gasteiger partial charge in [0.05, 0.1) is 7.11 Å². The largest absolute Gasteiger partial charge is 0.497 e. The van der Waals surface area contributed by atoms with Crippen molar-refractivity contribution in [3.8, 4) is 5.75 Å². The summed E-state index contributed by atoms with van der Waals surface area (Å²) in [5.41, 5.74) is 1.94. The van der Waals surface area contributed by atoms with Crippen LogP contribution in [0.3, 0.4) is 0 Å². The maximum Gasteiger partial charge on any atom is 0.252 e. The Bertz CT molecular complexity index is 777. The molecule has 1 fully saturated rings. The van der Waals surface area contributed by atoms with Gasteiger partial charge in [-0.25, -0.2) is 0 Å². The van der Waals surface area contributed by atoms with Gasteiger partial charge >= 0.3 is 0 Å². The molecule has 1 N–H and O–H groups in total. The van der Waals surface area contributed by atoms with Crippen molar-refractivity contribution < 1.29 is 14.3 Å². The molecule has 1 aliphatic heterocycles. The molecule has 0 spiro atoms. The summed E-state index contributed by atoms with van der Waals surface area (Å²) in [4.78, 5) is 28.8. The molecular weight excluding hydrogens is 386 g/mol. The van der Waals surface area contributed by atoms with E-state index in [9.17, 15) is 9.59 Å². The van der Waals surface area contributed by atoms with Crippen LogP contribution in [0, 0.1) is 0 Å². The van der Waals surface area contributed by atoms with Crippen LogP contribution in [0.2, 0.25) is 0 Å². The molecule has 6 nitrogen and oxygen atoms in total. The number of thiophene rings is 1. The Morgan fingerprint density at radius 1 is 1.10 bits per heavy atom. The number of rotatable bonds is 8. The van der Waals surface area contributed by atoms with E-state index >= 15 is 0 Å². The molecule has 0 aliphatic carbocycles. The van der Waals surface area contributed by atoms with Crippen LogP contribution >= 0.6 is 11.3 Å². The number of nitrogens with one attached hydrogen (secondary N) is 1. The summed E-state index contributed by atoms with van der Waals surface area (Å²) in [6.07, 6.45) is 2.12. The topological polar surface area (TPSA) is 61.9 Å². The fraction of sp³-hybridized carbons (Fsp3) is 0.455. The Labute approximate surface area is 176 Å². The third-order valence-electron chi connectivity index (χ3n) is 5.14. The van der Waals surface area contributed by atoms with E-state index < -0.39 is 0 Å². The molecule has 1 saturated heterocycles. The van der Waals surface area contributed by atoms with E-state index in [2.05, 4.69) is 22.3 Å². The second-order valence-electron chi connectivity index (χ2n) is 7.23. The third kappa shape index (κ3) is 6.58. The fourth-order valence-corrected chi connectivity index (χ4v) is 4.10. The first-order valence-electron chi connectivity index (χ1n) is 10.1. The molecule has 0 unspecified atom stereocenters. The monoisotopic (exact) mass is 415 g/mol. The van der Waals surface area contributed by atoms with Gasteiger partial charge in [0.2, 0.25) is 5.91 Å². The zero-order chi connectivity index (χ0) is 20.5. The van der Waals surface area contributed by atoms with E-state index in [1.165, 1.54) is 16.9 Å². The molecule has 1 aromatic carbocycles. The normalized spacial score (nSPS) is 15.0. The Hall–Kier alpha value is -2.38. The minimum Gasteiger partial charge on any atom is -0.497 e. The van der Waals surface area contributed by atoms with Crippen LogP contribution in [0.4, 0.5) is 0 Å². The summed E-state index contributed by atoms with van der Waals surface area (Å²) in [7, 11) is 1.67. The van der Waals surface area contributed by atoms with Crippen molar-refractivity contribution in [3.63, 3.8) is 0 Å². The lowest BCUT2D eigenvalue weighted by atomic mass is 10.2. The second kappa shape index (κ2) is 11.0. The number of hydrogen-bond donors (Lipinski definition) is 1. The molecule has 29 heavy (non-hydrogen) atoms. The SMILES string of the molecule is COc1ccc(CN2CCCN(C(=O)CCCNC(=O)c3ccsc3)CC2)cc1. The number of carbonyl (C=O) groups is 2. The summed E-state index contributed by atoms with van der Waals surface area (Å²) in [6.45, 7) is 4.85. The number of amides is 2. The average Bonchev–Trinajstić information content (AvgIpc) is 3.19. The highest BCUT2D eigenvalue weighted by atomic mass is 32.1. The first kappa shape index (κ1) is 21.3. The van der Waals surface area contributed by atoms with Crippen LogP contribution in [-0.2, 0) is 11.3 Å². The van der Waals surface area contributed by atoms with Crippen molar-refractivity contribution >= 4 is 23.2 Å². The molecule has 0 radical (unpaired) electrons. The Morgan fingerprint density at radius 3 is 2.66 bits per heavy atom. The summed E-state index contributed by atoms with van der Waals surface area (Å²) >= 11 is 1.50. The predicted octanol–water partition coefficient (Wildman–Crippen LogP) is 3.00. The Morgan fingerprint density at radius 2 is 1.93 bits per heavy atom. The molecule has 1 aliphatic rings. The van der Waals surface area contributed by atoms with E-state index in [4.69, 9.17) is 4.74 Å². The van der Waals surface area contributed by atoms with Gasteiger partial charge < -0.3 is 15.0 Å². The van der Waals surface area contributed by atoms with Gasteiger partial charge in [0.15, 0.2) is 0 Å². The Kier molecular flexibility index (Phi) is 8.07. The smallest absolute Gasteiger partial charge is 0.252 e. The minimum absolute atomic E-state index is 0.0670. The van der Waals surface area contributed by atoms with E-state index in [1.54, 1.807) is 13.2 Å². The first-order chi connectivity index (χ1) is 14.2. The van der Waals surface area contributed by atoms with E-state index in [1.807, 2.05) is 27.8 Å². The fourth-order valence-electron chi connectivity index (χ4n) is 3.46. The summed E-state index contributed by atoms with van der Waals surface area (Å²) in [6, 6.07) is 9.97. The number of benzene rings is 1. The molecule has 0 saturated carbocycles. The lowest BCUT2D eigenvalue weighted by Gasteiger charge is -2.22. The van der Waals surface area contributed by atoms with Crippen molar-refractivity contribution in [2.75, 3.05) is 39.8 Å². The lowest BCUT2D eigenvalue weighted by molar-refractivity contribution is -0.131. The molecule has 156 valence electrons. The van der Waals surface area contributed by atoms with E-state index in [0.717, 1.165) is 44.9 Å². The van der Waals surface area contributed by atoms with Gasteiger partial charge in [0.1, 0.15) is 5.75 Å². The summed E-state index contributed by atoms with van der Waals surface area (Å²) in [5.74, 6) is 0.983. The van der Waals surface area contributed by atoms with Crippen molar-refractivity contribution in [2.45, 2.75) is 25.8 Å². The number of carbonyl (C=O) groups excluding carboxylic acids is 2. The van der Waals surface area contributed by atoms with Gasteiger partial charge in [-0.05, 0) is 42.0 Å². The number of ether oxygens (including phenoxy) is 1. The zero-order valence-corrected chi connectivity index (χ0v) is 17.7. The third-order valence-corrected chi connectivity index (χ3v) is 5.83. The van der Waals surface area contributed by atoms with E-state index in [-0.39, 0.29) is 11.8 Å². The zero-order valence-electron chi connectivity index (χ0n) is 16.9. The predicted molar refractivity (Wildman–Crippen MR) is 115 cm³/mol. The lowest BCUT2D eigenvalue weighted by Crippen LogP contribution is -2.35. The molecule has 1 aromatic heterocycles. The van der Waals surface area contributed by atoms with Gasteiger partial charge in [0.25, 0.3) is 5.91 Å². The van der Waals surface area contributed by atoms with Crippen LogP contribution in [0.15, 0.2) is 41.1 Å². The van der Waals surface area contributed by atoms with Crippen molar-refractivity contribution in [1.82, 2.24) is 15.1 Å². The van der Waals surface area contributed by atoms with Crippen molar-refractivity contribution in [3.05, 3.63) is 52.2 Å². The number of hydrogen-bond acceptors (Lipinski definition) is 5. The molecule has 2 amide bonds. The van der Waals surface area contributed by atoms with Crippen LogP contribution in [0.1, 0.15) is 35.2 Å². The maximum atomic E-state index is 12.5. The van der Waals surface area contributed by atoms with Gasteiger partial charge in [-0.1, -0.05) is 12.1 Å². The second-order valence-corrected chi connectivity index (χ2v) is 8.01. The standard InChI is InChI=1S/C22H29N3O3S/c1-28-20-7-5-18(6-8-20)16-24-11-3-12-25(14-13-24)21(26)4-2-10-23-22(27)19-9-15-29-17-19/h5-9,15,17H,2-4,10-14,16H2,1H3,(H,23,27). The van der Waals surface area contributed by atoms with Gasteiger partial charge in [-0.2, -0.15) is 11.3 Å². The number of nitrogens with zero attached hydrogens (tertiary/aromatic N) is 2. The van der Waals surface area contributed by atoms with Gasteiger partial charge in [0, 0.05) is 56.6 Å². The molecule has 2 heterocycles. The van der Waals surface area contributed by atoms with Gasteiger partial charge in [-0.15, -0.1) is 0 Å². The van der Waals surface area contributed by atoms with Crippen molar-refractivity contribution in [2.24, 2.45) is 0 Å². The average molecular weight is 416 g/mol. The highest BCUT2D eigenvalue weighted by molar-refractivity contribution is 7.08. The first-order valence-corrected chi connectivity index (χ1v) is 11.0. The highest BCUT2D eigenvalue weighted by Crippen LogP contribution is 2.14. The molecule has 0 atom stereocenters. The van der Waals surface area contributed by atoms with Crippen LogP contribution in [-0.4, -0.2) is 61.4 Å². The van der Waals surface area contributed by atoms with Crippen molar-refractivity contribution in [1.29, 1.82) is 0 Å². The van der Waals surface area contributed by atoms with Gasteiger partial charge in [-0.3, -0.25) is 14.5 Å². The summed E-state index contributed by atoms with van der Waals surface area (Å²) in [5, 5.41) is 6.59. The van der Waals surface area contributed by atoms with Crippen LogP contribution < -0.4 is 10.1 Å². The molecular formula is C22H29N3O3S.